The van der Waals surface area contributed by atoms with E-state index in [1.807, 2.05) is 48.5 Å². The van der Waals surface area contributed by atoms with Crippen LogP contribution in [0.4, 0.5) is 0 Å². The predicted molar refractivity (Wildman–Crippen MR) is 110 cm³/mol. The summed E-state index contributed by atoms with van der Waals surface area (Å²) in [6.07, 6.45) is 2.10. The summed E-state index contributed by atoms with van der Waals surface area (Å²) in [6, 6.07) is 17.2. The summed E-state index contributed by atoms with van der Waals surface area (Å²) >= 11 is 1.54. The van der Waals surface area contributed by atoms with E-state index in [1.54, 1.807) is 6.07 Å². The summed E-state index contributed by atoms with van der Waals surface area (Å²) in [7, 11) is 1.37. The van der Waals surface area contributed by atoms with Gasteiger partial charge in [-0.1, -0.05) is 30.3 Å². The smallest absolute Gasteiger partial charge is 0.337 e. The SMILES string of the molecule is COC(=O)c1cccc(CSc2cc(C(=O)NC3CC3)c3ccccc3n2)c1. The lowest BCUT2D eigenvalue weighted by Gasteiger charge is -2.10. The Hall–Kier alpha value is -2.86. The third-order valence-corrected chi connectivity index (χ3v) is 5.57. The number of nitrogens with one attached hydrogen (secondary N) is 1. The maximum atomic E-state index is 12.7. The van der Waals surface area contributed by atoms with E-state index in [0.29, 0.717) is 22.9 Å². The zero-order chi connectivity index (χ0) is 19.5. The molecule has 2 aromatic carbocycles. The zero-order valence-electron chi connectivity index (χ0n) is 15.5. The summed E-state index contributed by atoms with van der Waals surface area (Å²) in [4.78, 5) is 29.1. The average molecular weight is 392 g/mol. The molecule has 142 valence electrons. The van der Waals surface area contributed by atoms with Gasteiger partial charge in [0, 0.05) is 17.2 Å². The van der Waals surface area contributed by atoms with Crippen molar-refractivity contribution in [3.05, 3.63) is 71.3 Å². The lowest BCUT2D eigenvalue weighted by Crippen LogP contribution is -2.25. The van der Waals surface area contributed by atoms with Gasteiger partial charge in [0.2, 0.25) is 0 Å². The van der Waals surface area contributed by atoms with Gasteiger partial charge in [-0.3, -0.25) is 4.79 Å². The highest BCUT2D eigenvalue weighted by Crippen LogP contribution is 2.28. The average Bonchev–Trinajstić information content (AvgIpc) is 3.55. The summed E-state index contributed by atoms with van der Waals surface area (Å²) < 4.78 is 4.78. The van der Waals surface area contributed by atoms with E-state index >= 15 is 0 Å². The maximum Gasteiger partial charge on any atom is 0.337 e. The number of fused-ring (bicyclic) bond motifs is 1. The quantitative estimate of drug-likeness (QED) is 0.503. The number of esters is 1. The van der Waals surface area contributed by atoms with E-state index < -0.39 is 0 Å². The first-order valence-electron chi connectivity index (χ1n) is 9.15. The van der Waals surface area contributed by atoms with Crippen LogP contribution in [0.5, 0.6) is 0 Å². The number of aromatic nitrogens is 1. The van der Waals surface area contributed by atoms with E-state index in [4.69, 9.17) is 9.72 Å². The van der Waals surface area contributed by atoms with Crippen LogP contribution in [0.1, 0.15) is 39.1 Å². The topological polar surface area (TPSA) is 68.3 Å². The Bertz CT molecular complexity index is 1050. The second-order valence-corrected chi connectivity index (χ2v) is 7.75. The molecule has 0 radical (unpaired) electrons. The fourth-order valence-electron chi connectivity index (χ4n) is 2.97. The summed E-state index contributed by atoms with van der Waals surface area (Å²) in [5.74, 6) is 0.241. The van der Waals surface area contributed by atoms with Gasteiger partial charge >= 0.3 is 5.97 Å². The first kappa shape index (κ1) is 18.5. The van der Waals surface area contributed by atoms with Gasteiger partial charge in [-0.05, 0) is 42.7 Å². The number of benzene rings is 2. The molecule has 0 aliphatic heterocycles. The molecule has 1 N–H and O–H groups in total. The van der Waals surface area contributed by atoms with Crippen LogP contribution >= 0.6 is 11.8 Å². The molecule has 4 rings (SSSR count). The Morgan fingerprint density at radius 3 is 2.75 bits per heavy atom. The molecule has 1 aliphatic carbocycles. The highest BCUT2D eigenvalue weighted by atomic mass is 32.2. The van der Waals surface area contributed by atoms with Gasteiger partial charge in [0.25, 0.3) is 5.91 Å². The molecule has 6 heteroatoms. The van der Waals surface area contributed by atoms with Crippen molar-refractivity contribution in [2.24, 2.45) is 0 Å². The predicted octanol–water partition coefficient (Wildman–Crippen LogP) is 4.21. The molecule has 1 aromatic heterocycles. The Balaban J connectivity index is 1.58. The van der Waals surface area contributed by atoms with Gasteiger partial charge < -0.3 is 10.1 Å². The van der Waals surface area contributed by atoms with Crippen molar-refractivity contribution in [3.63, 3.8) is 0 Å². The van der Waals surface area contributed by atoms with Crippen molar-refractivity contribution in [2.45, 2.75) is 29.7 Å². The van der Waals surface area contributed by atoms with Crippen LogP contribution in [0.3, 0.4) is 0 Å². The Labute approximate surface area is 167 Å². The normalized spacial score (nSPS) is 13.3. The largest absolute Gasteiger partial charge is 0.465 e. The molecule has 1 fully saturated rings. The fourth-order valence-corrected chi connectivity index (χ4v) is 3.83. The molecule has 3 aromatic rings. The number of pyridine rings is 1. The molecular weight excluding hydrogens is 372 g/mol. The number of methoxy groups -OCH3 is 1. The van der Waals surface area contributed by atoms with Crippen LogP contribution in [0, 0.1) is 0 Å². The van der Waals surface area contributed by atoms with Crippen LogP contribution in [0.2, 0.25) is 0 Å². The van der Waals surface area contributed by atoms with Gasteiger partial charge in [0.1, 0.15) is 0 Å². The number of carbonyl (C=O) groups is 2. The number of hydrogen-bond acceptors (Lipinski definition) is 5. The Morgan fingerprint density at radius 2 is 1.96 bits per heavy atom. The number of hydrogen-bond donors (Lipinski definition) is 1. The van der Waals surface area contributed by atoms with Gasteiger partial charge in [-0.25, -0.2) is 9.78 Å². The lowest BCUT2D eigenvalue weighted by atomic mass is 10.1. The van der Waals surface area contributed by atoms with E-state index in [0.717, 1.165) is 34.3 Å². The van der Waals surface area contributed by atoms with Gasteiger partial charge in [0.15, 0.2) is 0 Å². The van der Waals surface area contributed by atoms with Gasteiger partial charge in [0.05, 0.1) is 28.8 Å². The van der Waals surface area contributed by atoms with Crippen molar-refractivity contribution >= 4 is 34.5 Å². The minimum absolute atomic E-state index is 0.0457. The van der Waals surface area contributed by atoms with Crippen molar-refractivity contribution in [1.82, 2.24) is 10.3 Å². The molecule has 1 heterocycles. The van der Waals surface area contributed by atoms with Crippen LogP contribution in [-0.2, 0) is 10.5 Å². The number of para-hydroxylation sites is 1. The maximum absolute atomic E-state index is 12.7. The second kappa shape index (κ2) is 8.02. The summed E-state index contributed by atoms with van der Waals surface area (Å²) in [5, 5.41) is 4.70. The summed E-state index contributed by atoms with van der Waals surface area (Å²) in [6.45, 7) is 0. The molecule has 1 amide bonds. The van der Waals surface area contributed by atoms with Crippen molar-refractivity contribution in [1.29, 1.82) is 0 Å². The molecule has 5 nitrogen and oxygen atoms in total. The number of amides is 1. The van der Waals surface area contributed by atoms with E-state index in [-0.39, 0.29) is 11.9 Å². The number of carbonyl (C=O) groups excluding carboxylic acids is 2. The van der Waals surface area contributed by atoms with Crippen molar-refractivity contribution in [2.75, 3.05) is 7.11 Å². The molecule has 0 saturated heterocycles. The Morgan fingerprint density at radius 1 is 1.14 bits per heavy atom. The Kier molecular flexibility index (Phi) is 5.30. The van der Waals surface area contributed by atoms with Gasteiger partial charge in [-0.2, -0.15) is 0 Å². The molecule has 0 bridgehead atoms. The molecule has 1 aliphatic rings. The minimum Gasteiger partial charge on any atom is -0.465 e. The van der Waals surface area contributed by atoms with E-state index in [2.05, 4.69) is 5.32 Å². The first-order valence-corrected chi connectivity index (χ1v) is 10.1. The fraction of sp³-hybridized carbons (Fsp3) is 0.227. The molecule has 1 saturated carbocycles. The zero-order valence-corrected chi connectivity index (χ0v) is 16.3. The highest BCUT2D eigenvalue weighted by molar-refractivity contribution is 7.98. The van der Waals surface area contributed by atoms with Crippen LogP contribution < -0.4 is 5.32 Å². The summed E-state index contributed by atoms with van der Waals surface area (Å²) in [5.41, 5.74) is 2.98. The molecule has 28 heavy (non-hydrogen) atoms. The van der Waals surface area contributed by atoms with E-state index in [9.17, 15) is 9.59 Å². The third kappa shape index (κ3) is 4.17. The second-order valence-electron chi connectivity index (χ2n) is 6.75. The van der Waals surface area contributed by atoms with Crippen LogP contribution in [0.25, 0.3) is 10.9 Å². The van der Waals surface area contributed by atoms with Crippen molar-refractivity contribution < 1.29 is 14.3 Å². The number of thioether (sulfide) groups is 1. The first-order chi connectivity index (χ1) is 13.6. The van der Waals surface area contributed by atoms with Crippen molar-refractivity contribution in [3.8, 4) is 0 Å². The molecule has 0 spiro atoms. The number of nitrogens with zero attached hydrogens (tertiary/aromatic N) is 1. The lowest BCUT2D eigenvalue weighted by molar-refractivity contribution is 0.0600. The van der Waals surface area contributed by atoms with Crippen LogP contribution in [0.15, 0.2) is 59.6 Å². The highest BCUT2D eigenvalue weighted by Gasteiger charge is 2.25. The monoisotopic (exact) mass is 392 g/mol. The third-order valence-electron chi connectivity index (χ3n) is 4.58. The van der Waals surface area contributed by atoms with E-state index in [1.165, 1.54) is 18.9 Å². The van der Waals surface area contributed by atoms with Crippen LogP contribution in [-0.4, -0.2) is 30.0 Å². The van der Waals surface area contributed by atoms with Gasteiger partial charge in [-0.15, -0.1) is 11.8 Å². The standard InChI is InChI=1S/C22H20N2O3S/c1-27-22(26)15-6-4-5-14(11-15)13-28-20-12-18(21(25)23-16-9-10-16)17-7-2-3-8-19(17)24-20/h2-8,11-12,16H,9-10,13H2,1H3,(H,23,25). The molecule has 0 atom stereocenters. The number of rotatable bonds is 6. The number of ether oxygens (including phenoxy) is 1. The molecular formula is C22H20N2O3S. The minimum atomic E-state index is -0.352. The molecule has 0 unspecified atom stereocenters.